The molecule has 1 fully saturated rings. The van der Waals surface area contributed by atoms with Crippen LogP contribution in [0.2, 0.25) is 0 Å². The number of imide groups is 1. The Labute approximate surface area is 201 Å². The lowest BCUT2D eigenvalue weighted by Crippen LogP contribution is -2.49. The predicted octanol–water partition coefficient (Wildman–Crippen LogP) is 0.855. The molecule has 3 rings (SSSR count). The van der Waals surface area contributed by atoms with Crippen LogP contribution in [0.15, 0.2) is 53.5 Å². The molecule has 0 unspecified atom stereocenters. The van der Waals surface area contributed by atoms with Crippen molar-refractivity contribution in [3.63, 3.8) is 0 Å². The molecule has 1 aliphatic rings. The van der Waals surface area contributed by atoms with Gasteiger partial charge in [0.05, 0.1) is 24.4 Å². The molecular formula is C25H28N4O6. The first-order valence-electron chi connectivity index (χ1n) is 11.3. The molecule has 184 valence electrons. The van der Waals surface area contributed by atoms with Gasteiger partial charge in [-0.05, 0) is 11.5 Å². The van der Waals surface area contributed by atoms with Crippen molar-refractivity contribution >= 4 is 29.4 Å². The van der Waals surface area contributed by atoms with Crippen LogP contribution in [0.4, 0.5) is 0 Å². The highest BCUT2D eigenvalue weighted by Crippen LogP contribution is 2.24. The maximum absolute atomic E-state index is 13.1. The summed E-state index contributed by atoms with van der Waals surface area (Å²) in [6, 6.07) is 9.47. The molecule has 1 saturated heterocycles. The summed E-state index contributed by atoms with van der Waals surface area (Å²) in [4.78, 5) is 77.1. The van der Waals surface area contributed by atoms with Crippen molar-refractivity contribution in [2.24, 2.45) is 17.8 Å². The molecule has 1 aliphatic heterocycles. The van der Waals surface area contributed by atoms with Gasteiger partial charge in [0.1, 0.15) is 11.6 Å². The second-order valence-electron chi connectivity index (χ2n) is 8.89. The fourth-order valence-corrected chi connectivity index (χ4v) is 3.99. The lowest BCUT2D eigenvalue weighted by atomic mass is 9.85. The van der Waals surface area contributed by atoms with Crippen LogP contribution in [-0.4, -0.2) is 40.4 Å². The van der Waals surface area contributed by atoms with E-state index < -0.39 is 53.3 Å². The number of aromatic amines is 1. The summed E-state index contributed by atoms with van der Waals surface area (Å²) in [5, 5.41) is 7.59. The van der Waals surface area contributed by atoms with Crippen molar-refractivity contribution in [3.05, 3.63) is 70.1 Å². The third-order valence-corrected chi connectivity index (χ3v) is 5.95. The summed E-state index contributed by atoms with van der Waals surface area (Å²) in [5.74, 6) is -5.16. The van der Waals surface area contributed by atoms with Gasteiger partial charge in [0, 0.05) is 18.3 Å². The van der Waals surface area contributed by atoms with Crippen LogP contribution in [0.3, 0.4) is 0 Å². The summed E-state index contributed by atoms with van der Waals surface area (Å²) in [7, 11) is 0. The normalized spacial score (nSPS) is 19.1. The zero-order chi connectivity index (χ0) is 25.7. The molecule has 1 aromatic carbocycles. The van der Waals surface area contributed by atoms with Crippen LogP contribution in [0.25, 0.3) is 0 Å². The number of benzene rings is 1. The zero-order valence-electron chi connectivity index (χ0n) is 19.7. The number of pyridine rings is 1. The fourth-order valence-electron chi connectivity index (χ4n) is 3.99. The van der Waals surface area contributed by atoms with Gasteiger partial charge in [-0.2, -0.15) is 0 Å². The minimum absolute atomic E-state index is 0.0416. The van der Waals surface area contributed by atoms with E-state index in [9.17, 15) is 28.8 Å². The first-order chi connectivity index (χ1) is 16.6. The lowest BCUT2D eigenvalue weighted by molar-refractivity contribution is -0.137. The number of hydrogen-bond acceptors (Lipinski definition) is 6. The van der Waals surface area contributed by atoms with Gasteiger partial charge >= 0.3 is 0 Å². The number of H-pyrrole nitrogens is 1. The van der Waals surface area contributed by atoms with Gasteiger partial charge in [0.15, 0.2) is 11.2 Å². The van der Waals surface area contributed by atoms with Crippen molar-refractivity contribution in [2.45, 2.75) is 39.3 Å². The molecule has 0 saturated carbocycles. The number of rotatable bonds is 9. The maximum Gasteiger partial charge on any atom is 0.268 e. The highest BCUT2D eigenvalue weighted by molar-refractivity contribution is 6.16. The van der Waals surface area contributed by atoms with Crippen LogP contribution in [-0.2, 0) is 19.2 Å². The minimum Gasteiger partial charge on any atom is -0.357 e. The maximum atomic E-state index is 13.1. The monoisotopic (exact) mass is 480 g/mol. The Hall–Kier alpha value is -4.08. The molecule has 0 bridgehead atoms. The van der Waals surface area contributed by atoms with Crippen molar-refractivity contribution in [3.8, 4) is 0 Å². The number of carbonyl (C=O) groups is 5. The first kappa shape index (κ1) is 25.5. The van der Waals surface area contributed by atoms with Gasteiger partial charge in [-0.15, -0.1) is 0 Å². The van der Waals surface area contributed by atoms with Crippen LogP contribution in [0, 0.1) is 17.8 Å². The Bertz CT molecular complexity index is 1190. The highest BCUT2D eigenvalue weighted by Gasteiger charge is 2.46. The van der Waals surface area contributed by atoms with Crippen LogP contribution >= 0.6 is 0 Å². The number of Topliss-reactive ketones (excluding diaryl/α,β-unsaturated/α-hetero) is 1. The minimum atomic E-state index is -1.17. The molecule has 10 heteroatoms. The molecule has 4 N–H and O–H groups in total. The smallest absolute Gasteiger partial charge is 0.268 e. The van der Waals surface area contributed by atoms with Crippen molar-refractivity contribution in [1.29, 1.82) is 0 Å². The van der Waals surface area contributed by atoms with Gasteiger partial charge in [0.2, 0.25) is 17.7 Å². The molecule has 4 atom stereocenters. The Morgan fingerprint density at radius 2 is 1.66 bits per heavy atom. The van der Waals surface area contributed by atoms with E-state index in [1.807, 2.05) is 0 Å². The van der Waals surface area contributed by atoms with Crippen LogP contribution in [0.1, 0.15) is 49.3 Å². The first-order valence-corrected chi connectivity index (χ1v) is 11.3. The fraction of sp³-hybridized carbons (Fsp3) is 0.360. The van der Waals surface area contributed by atoms with E-state index in [0.717, 1.165) is 6.07 Å². The molecule has 1 aromatic heterocycles. The summed E-state index contributed by atoms with van der Waals surface area (Å²) in [5.41, 5.74) is 0.348. The van der Waals surface area contributed by atoms with Crippen molar-refractivity contribution < 1.29 is 24.0 Å². The third-order valence-electron chi connectivity index (χ3n) is 5.95. The zero-order valence-corrected chi connectivity index (χ0v) is 19.7. The molecule has 10 nitrogen and oxygen atoms in total. The lowest BCUT2D eigenvalue weighted by Gasteiger charge is -2.26. The van der Waals surface area contributed by atoms with E-state index in [2.05, 4.69) is 20.9 Å². The Kier molecular flexibility index (Phi) is 7.95. The second kappa shape index (κ2) is 10.9. The van der Waals surface area contributed by atoms with E-state index in [1.54, 1.807) is 44.2 Å². The van der Waals surface area contributed by atoms with E-state index in [4.69, 9.17) is 0 Å². The van der Waals surface area contributed by atoms with E-state index >= 15 is 0 Å². The quantitative estimate of drug-likeness (QED) is 0.308. The molecule has 4 amide bonds. The number of amides is 4. The van der Waals surface area contributed by atoms with E-state index in [-0.39, 0.29) is 23.5 Å². The van der Waals surface area contributed by atoms with Gasteiger partial charge in [-0.1, -0.05) is 51.1 Å². The molecule has 2 heterocycles. The SMILES string of the molecule is CC(C)[C@@H](NC(=O)C[C@H](NC(=O)c1cc(=O)cc[nH]1)c1ccccc1)C(=O)[C@@H]1C(=O)NC(=O)[C@H]1C. The van der Waals surface area contributed by atoms with Crippen molar-refractivity contribution in [2.75, 3.05) is 0 Å². The second-order valence-corrected chi connectivity index (χ2v) is 8.89. The summed E-state index contributed by atoms with van der Waals surface area (Å²) in [6.07, 6.45) is 1.15. The summed E-state index contributed by atoms with van der Waals surface area (Å²) < 4.78 is 0. The van der Waals surface area contributed by atoms with Gasteiger partial charge in [0.25, 0.3) is 5.91 Å². The molecule has 2 aromatic rings. The van der Waals surface area contributed by atoms with Gasteiger partial charge in [-0.3, -0.25) is 34.1 Å². The number of carbonyl (C=O) groups excluding carboxylic acids is 5. The van der Waals surface area contributed by atoms with Gasteiger partial charge in [-0.25, -0.2) is 0 Å². The summed E-state index contributed by atoms with van der Waals surface area (Å²) in [6.45, 7) is 4.95. The highest BCUT2D eigenvalue weighted by atomic mass is 16.2. The Morgan fingerprint density at radius 1 is 0.971 bits per heavy atom. The Balaban J connectivity index is 1.77. The molecule has 35 heavy (non-hydrogen) atoms. The van der Waals surface area contributed by atoms with Gasteiger partial charge < -0.3 is 15.6 Å². The third kappa shape index (κ3) is 6.08. The van der Waals surface area contributed by atoms with Crippen LogP contribution in [0.5, 0.6) is 0 Å². The number of nitrogens with one attached hydrogen (secondary N) is 4. The van der Waals surface area contributed by atoms with E-state index in [1.165, 1.54) is 19.2 Å². The predicted molar refractivity (Wildman–Crippen MR) is 126 cm³/mol. The Morgan fingerprint density at radius 3 is 2.23 bits per heavy atom. The standard InChI is InChI=1S/C25H28N4O6/c1-13(2)21(22(32)20-14(3)23(33)29-25(20)35)28-19(31)12-17(15-7-5-4-6-8-15)27-24(34)18-11-16(30)9-10-26-18/h4-11,13-14,17,20-21H,12H2,1-3H3,(H,26,30)(H,27,34)(H,28,31)(H,29,33,35)/t14-,17-,20+,21+/m0/s1. The molecule has 0 aliphatic carbocycles. The number of hydrogen-bond donors (Lipinski definition) is 4. The van der Waals surface area contributed by atoms with E-state index in [0.29, 0.717) is 5.56 Å². The number of ketones is 1. The molecule has 0 spiro atoms. The molecule has 0 radical (unpaired) electrons. The summed E-state index contributed by atoms with van der Waals surface area (Å²) >= 11 is 0. The molecular weight excluding hydrogens is 452 g/mol. The average molecular weight is 481 g/mol. The topological polar surface area (TPSA) is 154 Å². The number of aromatic nitrogens is 1. The average Bonchev–Trinajstić information content (AvgIpc) is 3.07. The van der Waals surface area contributed by atoms with Crippen LogP contribution < -0.4 is 21.4 Å². The van der Waals surface area contributed by atoms with Crippen molar-refractivity contribution in [1.82, 2.24) is 20.9 Å². The largest absolute Gasteiger partial charge is 0.357 e.